The third kappa shape index (κ3) is 2.16. The summed E-state index contributed by atoms with van der Waals surface area (Å²) in [6.07, 6.45) is 0. The maximum Gasteiger partial charge on any atom is 0.205 e. The van der Waals surface area contributed by atoms with Gasteiger partial charge in [-0.2, -0.15) is 8.57 Å². The first-order valence-electron chi connectivity index (χ1n) is 3.01. The molecule has 58 valence electrons. The zero-order valence-electron chi connectivity index (χ0n) is 5.98. The molecule has 3 nitrogen and oxygen atoms in total. The van der Waals surface area contributed by atoms with Gasteiger partial charge in [0, 0.05) is 0 Å². The van der Waals surface area contributed by atoms with Crippen LogP contribution in [0.3, 0.4) is 0 Å². The molecule has 0 aliphatic rings. The Kier molecular flexibility index (Phi) is 2.80. The van der Waals surface area contributed by atoms with E-state index in [2.05, 4.69) is 4.36 Å². The average molecular weight is 169 g/mol. The summed E-state index contributed by atoms with van der Waals surface area (Å²) in [6, 6.07) is 6.97. The first kappa shape index (κ1) is 7.94. The Labute approximate surface area is 68.3 Å². The van der Waals surface area contributed by atoms with Crippen LogP contribution in [0.4, 0.5) is 5.69 Å². The normalized spacial score (nSPS) is 8.82. The van der Waals surface area contributed by atoms with E-state index in [1.54, 1.807) is 31.4 Å². The van der Waals surface area contributed by atoms with Crippen molar-refractivity contribution in [3.05, 3.63) is 24.3 Å². The van der Waals surface area contributed by atoms with Gasteiger partial charge in [0.15, 0.2) is 0 Å². The highest BCUT2D eigenvalue weighted by Crippen LogP contribution is 2.16. The summed E-state index contributed by atoms with van der Waals surface area (Å²) in [4.78, 5) is 0. The minimum Gasteiger partial charge on any atom is -0.497 e. The Bertz CT molecular complexity index is 277. The minimum atomic E-state index is 0.202. The van der Waals surface area contributed by atoms with Gasteiger partial charge in [-0.05, 0) is 24.3 Å². The molecule has 0 saturated carbocycles. The smallest absolute Gasteiger partial charge is 0.205 e. The zero-order chi connectivity index (χ0) is 8.10. The number of hydrogen-bond donors (Lipinski definition) is 0. The van der Waals surface area contributed by atoms with Crippen molar-refractivity contribution in [2.45, 2.75) is 0 Å². The summed E-state index contributed by atoms with van der Waals surface area (Å²) in [6.45, 7) is 0. The van der Waals surface area contributed by atoms with Crippen LogP contribution in [0, 0.1) is 0 Å². The van der Waals surface area contributed by atoms with Crippen LogP contribution in [-0.4, -0.2) is 11.3 Å². The standard InChI is InChI=1S/C7H7NO2S/c1-10-7-4-2-6(3-5-7)8-11-9/h2-5H,1H3. The highest BCUT2D eigenvalue weighted by atomic mass is 32.1. The molecule has 0 aliphatic heterocycles. The summed E-state index contributed by atoms with van der Waals surface area (Å²) in [5.41, 5.74) is 0.658. The Morgan fingerprint density at radius 2 is 2.00 bits per heavy atom. The third-order valence-corrected chi connectivity index (χ3v) is 1.50. The summed E-state index contributed by atoms with van der Waals surface area (Å²) >= 11 is 0.202. The lowest BCUT2D eigenvalue weighted by atomic mass is 10.3. The molecule has 1 aromatic carbocycles. The van der Waals surface area contributed by atoms with E-state index in [4.69, 9.17) is 4.74 Å². The predicted molar refractivity (Wildman–Crippen MR) is 43.2 cm³/mol. The van der Waals surface area contributed by atoms with E-state index >= 15 is 0 Å². The van der Waals surface area contributed by atoms with E-state index in [9.17, 15) is 4.21 Å². The van der Waals surface area contributed by atoms with Gasteiger partial charge in [0.25, 0.3) is 0 Å². The van der Waals surface area contributed by atoms with Crippen LogP contribution in [0.15, 0.2) is 28.6 Å². The Morgan fingerprint density at radius 1 is 1.36 bits per heavy atom. The molecule has 0 unspecified atom stereocenters. The maximum atomic E-state index is 9.97. The van der Waals surface area contributed by atoms with Crippen molar-refractivity contribution in [1.29, 1.82) is 0 Å². The van der Waals surface area contributed by atoms with Gasteiger partial charge in [0.1, 0.15) is 5.75 Å². The van der Waals surface area contributed by atoms with E-state index in [0.717, 1.165) is 5.75 Å². The lowest BCUT2D eigenvalue weighted by Gasteiger charge is -1.96. The molecular weight excluding hydrogens is 162 g/mol. The SMILES string of the molecule is COc1ccc(N=S=O)cc1. The number of ether oxygens (including phenoxy) is 1. The van der Waals surface area contributed by atoms with E-state index in [1.807, 2.05) is 0 Å². The molecule has 0 heterocycles. The van der Waals surface area contributed by atoms with E-state index in [-0.39, 0.29) is 11.5 Å². The second-order valence-electron chi connectivity index (χ2n) is 1.86. The Balaban J connectivity index is 2.91. The fourth-order valence-electron chi connectivity index (χ4n) is 0.686. The molecule has 0 saturated heterocycles. The van der Waals surface area contributed by atoms with Crippen molar-refractivity contribution < 1.29 is 8.95 Å². The van der Waals surface area contributed by atoms with E-state index < -0.39 is 0 Å². The van der Waals surface area contributed by atoms with Crippen LogP contribution in [0.25, 0.3) is 0 Å². The van der Waals surface area contributed by atoms with E-state index in [0.29, 0.717) is 5.69 Å². The highest BCUT2D eigenvalue weighted by molar-refractivity contribution is 7.54. The molecule has 0 aromatic heterocycles. The van der Waals surface area contributed by atoms with Crippen molar-refractivity contribution in [3.63, 3.8) is 0 Å². The van der Waals surface area contributed by atoms with Crippen LogP contribution in [0.2, 0.25) is 0 Å². The molecule has 0 N–H and O–H groups in total. The minimum absolute atomic E-state index is 0.202. The van der Waals surface area contributed by atoms with Crippen molar-refractivity contribution in [2.24, 2.45) is 4.36 Å². The fourth-order valence-corrected chi connectivity index (χ4v) is 0.894. The predicted octanol–water partition coefficient (Wildman–Crippen LogP) is 1.72. The Morgan fingerprint density at radius 3 is 2.45 bits per heavy atom. The third-order valence-electron chi connectivity index (χ3n) is 1.22. The molecule has 0 bridgehead atoms. The van der Waals surface area contributed by atoms with Gasteiger partial charge in [-0.25, -0.2) is 0 Å². The van der Waals surface area contributed by atoms with Crippen LogP contribution < -0.4 is 4.74 Å². The zero-order valence-corrected chi connectivity index (χ0v) is 6.80. The van der Waals surface area contributed by atoms with Crippen molar-refractivity contribution in [1.82, 2.24) is 0 Å². The second kappa shape index (κ2) is 3.88. The molecule has 0 spiro atoms. The molecule has 11 heavy (non-hydrogen) atoms. The number of methoxy groups -OCH3 is 1. The van der Waals surface area contributed by atoms with Crippen molar-refractivity contribution in [3.8, 4) is 5.75 Å². The van der Waals surface area contributed by atoms with Gasteiger partial charge in [-0.1, -0.05) is 0 Å². The Hall–Kier alpha value is -1.16. The first-order valence-corrected chi connectivity index (χ1v) is 3.71. The first-order chi connectivity index (χ1) is 5.36. The number of benzene rings is 1. The summed E-state index contributed by atoms with van der Waals surface area (Å²) in [7, 11) is 1.59. The number of hydrogen-bond acceptors (Lipinski definition) is 3. The van der Waals surface area contributed by atoms with Gasteiger partial charge in [0.2, 0.25) is 11.5 Å². The molecule has 1 rings (SSSR count). The van der Waals surface area contributed by atoms with Crippen LogP contribution >= 0.6 is 0 Å². The summed E-state index contributed by atoms with van der Waals surface area (Å²) in [5.74, 6) is 0.764. The lowest BCUT2D eigenvalue weighted by molar-refractivity contribution is 0.415. The van der Waals surface area contributed by atoms with Crippen molar-refractivity contribution >= 4 is 17.2 Å². The molecule has 0 atom stereocenters. The molecule has 4 heteroatoms. The van der Waals surface area contributed by atoms with Gasteiger partial charge in [0.05, 0.1) is 12.8 Å². The van der Waals surface area contributed by atoms with Crippen LogP contribution in [0.1, 0.15) is 0 Å². The van der Waals surface area contributed by atoms with Crippen LogP contribution in [-0.2, 0) is 11.5 Å². The number of rotatable bonds is 2. The molecular formula is C7H7NO2S. The lowest BCUT2D eigenvalue weighted by Crippen LogP contribution is -1.79. The summed E-state index contributed by atoms with van der Waals surface area (Å²) < 4.78 is 18.5. The topological polar surface area (TPSA) is 38.7 Å². The van der Waals surface area contributed by atoms with Gasteiger partial charge in [-0.15, -0.1) is 0 Å². The number of nitrogens with zero attached hydrogens (tertiary/aromatic N) is 1. The highest BCUT2D eigenvalue weighted by Gasteiger charge is 1.89. The van der Waals surface area contributed by atoms with Crippen molar-refractivity contribution in [2.75, 3.05) is 7.11 Å². The average Bonchev–Trinajstić information content (AvgIpc) is 2.07. The fraction of sp³-hybridized carbons (Fsp3) is 0.143. The largest absolute Gasteiger partial charge is 0.497 e. The van der Waals surface area contributed by atoms with Gasteiger partial charge < -0.3 is 4.74 Å². The summed E-state index contributed by atoms with van der Waals surface area (Å²) in [5, 5.41) is 0. The molecule has 0 aliphatic carbocycles. The van der Waals surface area contributed by atoms with E-state index in [1.165, 1.54) is 0 Å². The monoisotopic (exact) mass is 169 g/mol. The molecule has 0 fully saturated rings. The molecule has 1 aromatic rings. The van der Waals surface area contributed by atoms with Crippen LogP contribution in [0.5, 0.6) is 5.75 Å². The molecule has 0 radical (unpaired) electrons. The quantitative estimate of drug-likeness (QED) is 0.676. The van der Waals surface area contributed by atoms with Gasteiger partial charge >= 0.3 is 0 Å². The molecule has 0 amide bonds. The van der Waals surface area contributed by atoms with Gasteiger partial charge in [-0.3, -0.25) is 0 Å². The maximum absolute atomic E-state index is 9.97. The second-order valence-corrected chi connectivity index (χ2v) is 2.20.